The van der Waals surface area contributed by atoms with Crippen molar-refractivity contribution in [3.63, 3.8) is 0 Å². The smallest absolute Gasteiger partial charge is 0.335 e. The summed E-state index contributed by atoms with van der Waals surface area (Å²) in [5.74, 6) is -0.813. The van der Waals surface area contributed by atoms with Gasteiger partial charge in [-0.15, -0.1) is 0 Å². The van der Waals surface area contributed by atoms with Gasteiger partial charge in [-0.3, -0.25) is 14.9 Å². The van der Waals surface area contributed by atoms with E-state index in [0.717, 1.165) is 26.9 Å². The van der Waals surface area contributed by atoms with Crippen molar-refractivity contribution in [2.75, 3.05) is 12.0 Å². The Morgan fingerprint density at radius 1 is 0.943 bits per heavy atom. The first-order valence-electron chi connectivity index (χ1n) is 11.1. The fourth-order valence-corrected chi connectivity index (χ4v) is 4.31. The van der Waals surface area contributed by atoms with Crippen LogP contribution in [0.2, 0.25) is 0 Å². The van der Waals surface area contributed by atoms with E-state index in [2.05, 4.69) is 35.0 Å². The minimum absolute atomic E-state index is 0.112. The Labute approximate surface area is 202 Å². The minimum atomic E-state index is -0.788. The maximum atomic E-state index is 13.3. The number of imide groups is 2. The van der Waals surface area contributed by atoms with Gasteiger partial charge in [-0.25, -0.2) is 9.69 Å². The number of urea groups is 1. The molecule has 0 unspecified atom stereocenters. The Hall–Kier alpha value is -4.65. The highest BCUT2D eigenvalue weighted by Crippen LogP contribution is 2.28. The van der Waals surface area contributed by atoms with E-state index in [1.807, 2.05) is 36.5 Å². The zero-order chi connectivity index (χ0) is 24.5. The van der Waals surface area contributed by atoms with Crippen LogP contribution in [-0.2, 0) is 16.1 Å². The Balaban J connectivity index is 1.55. The zero-order valence-corrected chi connectivity index (χ0v) is 19.3. The number of fused-ring (bicyclic) bond motifs is 1. The summed E-state index contributed by atoms with van der Waals surface area (Å²) in [5, 5.41) is 3.18. The van der Waals surface area contributed by atoms with Gasteiger partial charge in [0.2, 0.25) is 0 Å². The molecule has 0 bridgehead atoms. The van der Waals surface area contributed by atoms with Crippen molar-refractivity contribution >= 4 is 40.5 Å². The van der Waals surface area contributed by atoms with E-state index >= 15 is 0 Å². The number of aryl methyl sites for hydroxylation is 1. The molecule has 0 spiro atoms. The summed E-state index contributed by atoms with van der Waals surface area (Å²) in [4.78, 5) is 39.5. The van der Waals surface area contributed by atoms with E-state index in [4.69, 9.17) is 4.74 Å². The molecule has 1 fully saturated rings. The maximum Gasteiger partial charge on any atom is 0.335 e. The molecule has 7 nitrogen and oxygen atoms in total. The maximum absolute atomic E-state index is 13.3. The lowest BCUT2D eigenvalue weighted by molar-refractivity contribution is -0.122. The summed E-state index contributed by atoms with van der Waals surface area (Å²) in [6.45, 7) is 2.69. The Bertz CT molecular complexity index is 1500. The number of hydrogen-bond donors (Lipinski definition) is 1. The number of benzene rings is 3. The van der Waals surface area contributed by atoms with Crippen LogP contribution in [0, 0.1) is 6.92 Å². The number of barbiturate groups is 1. The molecule has 1 aromatic heterocycles. The van der Waals surface area contributed by atoms with Crippen molar-refractivity contribution < 1.29 is 19.1 Å². The summed E-state index contributed by atoms with van der Waals surface area (Å²) < 4.78 is 7.24. The Morgan fingerprint density at radius 2 is 1.71 bits per heavy atom. The van der Waals surface area contributed by atoms with E-state index in [1.165, 1.54) is 12.7 Å². The van der Waals surface area contributed by atoms with Gasteiger partial charge in [0.15, 0.2) is 0 Å². The monoisotopic (exact) mass is 465 g/mol. The van der Waals surface area contributed by atoms with E-state index in [1.54, 1.807) is 30.3 Å². The topological polar surface area (TPSA) is 80.6 Å². The van der Waals surface area contributed by atoms with Gasteiger partial charge in [0, 0.05) is 29.2 Å². The number of aromatic nitrogens is 1. The predicted octanol–water partition coefficient (Wildman–Crippen LogP) is 4.67. The lowest BCUT2D eigenvalue weighted by atomic mass is 10.1. The van der Waals surface area contributed by atoms with Gasteiger partial charge < -0.3 is 9.30 Å². The van der Waals surface area contributed by atoms with Gasteiger partial charge in [-0.05, 0) is 48.9 Å². The second-order valence-corrected chi connectivity index (χ2v) is 8.37. The molecule has 4 amide bonds. The Morgan fingerprint density at radius 3 is 2.46 bits per heavy atom. The fraction of sp³-hybridized carbons (Fsp3) is 0.107. The summed E-state index contributed by atoms with van der Waals surface area (Å²) in [5.41, 5.74) is 4.25. The molecule has 35 heavy (non-hydrogen) atoms. The minimum Gasteiger partial charge on any atom is -0.497 e. The molecule has 4 aromatic rings. The molecule has 0 aliphatic carbocycles. The van der Waals surface area contributed by atoms with Gasteiger partial charge in [0.05, 0.1) is 12.8 Å². The lowest BCUT2D eigenvalue weighted by Crippen LogP contribution is -2.54. The van der Waals surface area contributed by atoms with Crippen molar-refractivity contribution in [1.82, 2.24) is 9.88 Å². The fourth-order valence-electron chi connectivity index (χ4n) is 4.31. The number of carbonyl (C=O) groups excluding carboxylic acids is 3. The molecule has 7 heteroatoms. The van der Waals surface area contributed by atoms with Crippen LogP contribution in [-0.4, -0.2) is 29.5 Å². The predicted molar refractivity (Wildman–Crippen MR) is 134 cm³/mol. The largest absolute Gasteiger partial charge is 0.497 e. The van der Waals surface area contributed by atoms with Crippen LogP contribution in [0.4, 0.5) is 10.5 Å². The van der Waals surface area contributed by atoms with Gasteiger partial charge in [0.25, 0.3) is 11.8 Å². The lowest BCUT2D eigenvalue weighted by Gasteiger charge is -2.26. The van der Waals surface area contributed by atoms with Crippen molar-refractivity contribution in [1.29, 1.82) is 0 Å². The average molecular weight is 466 g/mol. The average Bonchev–Trinajstić information content (AvgIpc) is 3.19. The van der Waals surface area contributed by atoms with Crippen LogP contribution in [0.1, 0.15) is 16.7 Å². The zero-order valence-electron chi connectivity index (χ0n) is 19.3. The normalized spacial score (nSPS) is 15.1. The van der Waals surface area contributed by atoms with Crippen molar-refractivity contribution in [2.24, 2.45) is 0 Å². The molecule has 1 aliphatic heterocycles. The first-order chi connectivity index (χ1) is 16.9. The van der Waals surface area contributed by atoms with Crippen LogP contribution in [0.3, 0.4) is 0 Å². The van der Waals surface area contributed by atoms with Crippen LogP contribution in [0.15, 0.2) is 84.6 Å². The number of nitrogens with zero attached hydrogens (tertiary/aromatic N) is 2. The van der Waals surface area contributed by atoms with E-state index in [9.17, 15) is 14.4 Å². The molecule has 5 rings (SSSR count). The van der Waals surface area contributed by atoms with Gasteiger partial charge >= 0.3 is 6.03 Å². The number of nitrogens with one attached hydrogen (secondary N) is 1. The van der Waals surface area contributed by atoms with E-state index in [0.29, 0.717) is 18.0 Å². The van der Waals surface area contributed by atoms with Crippen molar-refractivity contribution in [3.05, 3.63) is 101 Å². The molecule has 2 heterocycles. The molecule has 0 radical (unpaired) electrons. The highest BCUT2D eigenvalue weighted by Gasteiger charge is 2.37. The van der Waals surface area contributed by atoms with Crippen LogP contribution in [0.5, 0.6) is 5.75 Å². The van der Waals surface area contributed by atoms with Gasteiger partial charge in [-0.2, -0.15) is 0 Å². The van der Waals surface area contributed by atoms with Crippen LogP contribution >= 0.6 is 0 Å². The second-order valence-electron chi connectivity index (χ2n) is 8.37. The summed E-state index contributed by atoms with van der Waals surface area (Å²) in [7, 11) is 1.53. The molecule has 1 N–H and O–H groups in total. The quantitative estimate of drug-likeness (QED) is 0.343. The number of carbonyl (C=O) groups is 3. The first kappa shape index (κ1) is 22.2. The third-order valence-electron chi connectivity index (χ3n) is 5.99. The Kier molecular flexibility index (Phi) is 5.66. The van der Waals surface area contributed by atoms with Crippen molar-refractivity contribution in [3.8, 4) is 5.75 Å². The molecule has 1 saturated heterocycles. The number of amides is 4. The van der Waals surface area contributed by atoms with Crippen molar-refractivity contribution in [2.45, 2.75) is 13.5 Å². The van der Waals surface area contributed by atoms with Crippen LogP contribution < -0.4 is 15.0 Å². The molecule has 0 saturated carbocycles. The highest BCUT2D eigenvalue weighted by molar-refractivity contribution is 6.39. The number of methoxy groups -OCH3 is 1. The SMILES string of the molecule is COc1ccc(N2C(=O)NC(=O)/C(=C/c3cn(Cc4cccc(C)c4)c4ccccc34)C2=O)cc1. The number of hydrogen-bond acceptors (Lipinski definition) is 4. The third-order valence-corrected chi connectivity index (χ3v) is 5.99. The van der Waals surface area contributed by atoms with Gasteiger partial charge in [0.1, 0.15) is 11.3 Å². The number of rotatable bonds is 5. The standard InChI is InChI=1S/C28H23N3O4/c1-18-6-5-7-19(14-18)16-30-17-20(23-8-3-4-9-25(23)30)15-24-26(32)29-28(34)31(27(24)33)21-10-12-22(35-2)13-11-21/h3-15,17H,16H2,1-2H3,(H,29,32,34)/b24-15-. The number of ether oxygens (including phenoxy) is 1. The van der Waals surface area contributed by atoms with E-state index < -0.39 is 17.8 Å². The summed E-state index contributed by atoms with van der Waals surface area (Å²) >= 11 is 0. The molecule has 3 aromatic carbocycles. The molecule has 0 atom stereocenters. The number of anilines is 1. The second kappa shape index (κ2) is 8.95. The third kappa shape index (κ3) is 4.19. The molecular weight excluding hydrogens is 442 g/mol. The first-order valence-corrected chi connectivity index (χ1v) is 11.1. The molecule has 1 aliphatic rings. The van der Waals surface area contributed by atoms with E-state index in [-0.39, 0.29) is 5.57 Å². The molecule has 174 valence electrons. The highest BCUT2D eigenvalue weighted by atomic mass is 16.5. The molecular formula is C28H23N3O4. The number of para-hydroxylation sites is 1. The van der Waals surface area contributed by atoms with Crippen LogP contribution in [0.25, 0.3) is 17.0 Å². The van der Waals surface area contributed by atoms with Gasteiger partial charge in [-0.1, -0.05) is 48.0 Å². The summed E-state index contributed by atoms with van der Waals surface area (Å²) in [6.07, 6.45) is 3.48. The summed E-state index contributed by atoms with van der Waals surface area (Å²) in [6, 6.07) is 21.8.